The Hall–Kier alpha value is -2.30. The van der Waals surface area contributed by atoms with E-state index in [1.807, 2.05) is 22.9 Å². The Balaban J connectivity index is 2.08. The second-order valence-electron chi connectivity index (χ2n) is 5.60. The second-order valence-corrected chi connectivity index (χ2v) is 5.60. The van der Waals surface area contributed by atoms with E-state index in [-0.39, 0.29) is 0 Å². The van der Waals surface area contributed by atoms with E-state index in [0.717, 1.165) is 42.5 Å². The van der Waals surface area contributed by atoms with Crippen LogP contribution in [-0.2, 0) is 6.54 Å². The molecule has 0 aliphatic heterocycles. The van der Waals surface area contributed by atoms with Gasteiger partial charge in [0.2, 0.25) is 0 Å². The molecule has 0 saturated heterocycles. The van der Waals surface area contributed by atoms with Gasteiger partial charge in [-0.15, -0.1) is 0 Å². The number of aliphatic imine (C=N–C) groups is 1. The van der Waals surface area contributed by atoms with Crippen molar-refractivity contribution in [3.63, 3.8) is 0 Å². The zero-order valence-corrected chi connectivity index (χ0v) is 14.6. The second kappa shape index (κ2) is 8.36. The normalized spacial score (nSPS) is 11.6. The number of nitrogens with one attached hydrogen (secondary N) is 2. The molecule has 0 amide bonds. The standard InChI is InChI=1S/C18H27N5/c1-5-6-12-20-18(19-4)21-13-17-14(2)22-23(15(17)3)16-10-8-7-9-11-16/h7-11H,5-6,12-13H2,1-4H3,(H2,19,20,21). The van der Waals surface area contributed by atoms with Crippen LogP contribution in [0.25, 0.3) is 5.69 Å². The number of rotatable bonds is 6. The molecule has 1 heterocycles. The highest BCUT2D eigenvalue weighted by Gasteiger charge is 2.12. The van der Waals surface area contributed by atoms with E-state index in [0.29, 0.717) is 0 Å². The molecule has 1 aromatic carbocycles. The van der Waals surface area contributed by atoms with Crippen molar-refractivity contribution in [2.45, 2.75) is 40.2 Å². The molecule has 0 atom stereocenters. The van der Waals surface area contributed by atoms with Gasteiger partial charge in [-0.1, -0.05) is 31.5 Å². The molecular weight excluding hydrogens is 286 g/mol. The predicted molar refractivity (Wildman–Crippen MR) is 96.1 cm³/mol. The van der Waals surface area contributed by atoms with Crippen molar-refractivity contribution >= 4 is 5.96 Å². The number of aryl methyl sites for hydroxylation is 1. The summed E-state index contributed by atoms with van der Waals surface area (Å²) >= 11 is 0. The summed E-state index contributed by atoms with van der Waals surface area (Å²) in [5, 5.41) is 11.4. The van der Waals surface area contributed by atoms with Gasteiger partial charge in [-0.05, 0) is 32.4 Å². The molecule has 23 heavy (non-hydrogen) atoms. The van der Waals surface area contributed by atoms with Crippen LogP contribution < -0.4 is 10.6 Å². The molecule has 1 aromatic heterocycles. The summed E-state index contributed by atoms with van der Waals surface area (Å²) in [4.78, 5) is 4.27. The SMILES string of the molecule is CCCCNC(=NC)NCc1c(C)nn(-c2ccccc2)c1C. The largest absolute Gasteiger partial charge is 0.356 e. The zero-order chi connectivity index (χ0) is 16.7. The van der Waals surface area contributed by atoms with E-state index in [1.165, 1.54) is 12.0 Å². The van der Waals surface area contributed by atoms with Crippen molar-refractivity contribution in [2.24, 2.45) is 4.99 Å². The fourth-order valence-corrected chi connectivity index (χ4v) is 2.53. The predicted octanol–water partition coefficient (Wildman–Crippen LogP) is 2.95. The third-order valence-electron chi connectivity index (χ3n) is 3.92. The van der Waals surface area contributed by atoms with Crippen molar-refractivity contribution in [1.29, 1.82) is 0 Å². The summed E-state index contributed by atoms with van der Waals surface area (Å²) in [5.41, 5.74) is 4.50. The van der Waals surface area contributed by atoms with Crippen LogP contribution in [0.3, 0.4) is 0 Å². The molecule has 0 fully saturated rings. The number of guanidine groups is 1. The first-order chi connectivity index (χ1) is 11.2. The smallest absolute Gasteiger partial charge is 0.191 e. The summed E-state index contributed by atoms with van der Waals surface area (Å²) < 4.78 is 2.00. The van der Waals surface area contributed by atoms with E-state index < -0.39 is 0 Å². The first-order valence-corrected chi connectivity index (χ1v) is 8.22. The Morgan fingerprint density at radius 1 is 1.17 bits per heavy atom. The van der Waals surface area contributed by atoms with Gasteiger partial charge in [0.1, 0.15) is 0 Å². The summed E-state index contributed by atoms with van der Waals surface area (Å²) in [7, 11) is 1.80. The Kier molecular flexibility index (Phi) is 6.20. The molecule has 0 aliphatic rings. The highest BCUT2D eigenvalue weighted by molar-refractivity contribution is 5.79. The summed E-state index contributed by atoms with van der Waals surface area (Å²) in [5.74, 6) is 0.838. The number of hydrogen-bond acceptors (Lipinski definition) is 2. The van der Waals surface area contributed by atoms with E-state index in [1.54, 1.807) is 7.05 Å². The number of hydrogen-bond donors (Lipinski definition) is 2. The fraction of sp³-hybridized carbons (Fsp3) is 0.444. The van der Waals surface area contributed by atoms with Crippen LogP contribution in [0.15, 0.2) is 35.3 Å². The van der Waals surface area contributed by atoms with Gasteiger partial charge >= 0.3 is 0 Å². The van der Waals surface area contributed by atoms with Gasteiger partial charge in [-0.3, -0.25) is 4.99 Å². The molecule has 0 aliphatic carbocycles. The summed E-state index contributed by atoms with van der Waals surface area (Å²) in [6, 6.07) is 10.2. The maximum atomic E-state index is 4.68. The maximum Gasteiger partial charge on any atom is 0.191 e. The fourth-order valence-electron chi connectivity index (χ4n) is 2.53. The van der Waals surface area contributed by atoms with Crippen LogP contribution in [0, 0.1) is 13.8 Å². The van der Waals surface area contributed by atoms with Crippen LogP contribution >= 0.6 is 0 Å². The van der Waals surface area contributed by atoms with Crippen LogP contribution in [0.2, 0.25) is 0 Å². The molecule has 0 spiro atoms. The average molecular weight is 313 g/mol. The van der Waals surface area contributed by atoms with Gasteiger partial charge in [0, 0.05) is 31.4 Å². The van der Waals surface area contributed by atoms with Crippen LogP contribution in [-0.4, -0.2) is 29.3 Å². The third kappa shape index (κ3) is 4.34. The van der Waals surface area contributed by atoms with Crippen LogP contribution in [0.4, 0.5) is 0 Å². The summed E-state index contributed by atoms with van der Waals surface area (Å²) in [6.07, 6.45) is 2.32. The van der Waals surface area contributed by atoms with Crippen LogP contribution in [0.5, 0.6) is 0 Å². The molecule has 124 valence electrons. The molecular formula is C18H27N5. The lowest BCUT2D eigenvalue weighted by Crippen LogP contribution is -2.37. The average Bonchev–Trinajstić information content (AvgIpc) is 2.86. The molecule has 0 saturated carbocycles. The van der Waals surface area contributed by atoms with Gasteiger partial charge in [-0.2, -0.15) is 5.10 Å². The summed E-state index contributed by atoms with van der Waals surface area (Å²) in [6.45, 7) is 8.00. The number of para-hydroxylation sites is 1. The van der Waals surface area contributed by atoms with E-state index in [4.69, 9.17) is 0 Å². The van der Waals surface area contributed by atoms with Gasteiger partial charge in [0.25, 0.3) is 0 Å². The first-order valence-electron chi connectivity index (χ1n) is 8.22. The lowest BCUT2D eigenvalue weighted by Gasteiger charge is -2.12. The topological polar surface area (TPSA) is 54.2 Å². The number of nitrogens with zero attached hydrogens (tertiary/aromatic N) is 3. The van der Waals surface area contributed by atoms with E-state index in [2.05, 4.69) is 53.6 Å². The number of aromatic nitrogens is 2. The first kappa shape index (κ1) is 17.1. The Morgan fingerprint density at radius 3 is 2.57 bits per heavy atom. The molecule has 5 nitrogen and oxygen atoms in total. The maximum absolute atomic E-state index is 4.68. The lowest BCUT2D eigenvalue weighted by atomic mass is 10.2. The molecule has 2 aromatic rings. The van der Waals surface area contributed by atoms with E-state index in [9.17, 15) is 0 Å². The Bertz CT molecular complexity index is 643. The molecule has 2 rings (SSSR count). The van der Waals surface area contributed by atoms with Crippen LogP contribution in [0.1, 0.15) is 36.7 Å². The Morgan fingerprint density at radius 2 is 1.91 bits per heavy atom. The zero-order valence-electron chi connectivity index (χ0n) is 14.6. The Labute approximate surface area is 138 Å². The van der Waals surface area contributed by atoms with Gasteiger partial charge in [-0.25, -0.2) is 4.68 Å². The minimum absolute atomic E-state index is 0.719. The van der Waals surface area contributed by atoms with E-state index >= 15 is 0 Å². The third-order valence-corrected chi connectivity index (χ3v) is 3.92. The van der Waals surface area contributed by atoms with Crippen molar-refractivity contribution in [3.05, 3.63) is 47.3 Å². The molecule has 5 heteroatoms. The minimum atomic E-state index is 0.719. The molecule has 0 unspecified atom stereocenters. The van der Waals surface area contributed by atoms with Crippen molar-refractivity contribution in [2.75, 3.05) is 13.6 Å². The van der Waals surface area contributed by atoms with Crippen molar-refractivity contribution in [3.8, 4) is 5.69 Å². The number of unbranched alkanes of at least 4 members (excludes halogenated alkanes) is 1. The highest BCUT2D eigenvalue weighted by atomic mass is 15.3. The van der Waals surface area contributed by atoms with Gasteiger partial charge < -0.3 is 10.6 Å². The minimum Gasteiger partial charge on any atom is -0.356 e. The van der Waals surface area contributed by atoms with Crippen molar-refractivity contribution in [1.82, 2.24) is 20.4 Å². The van der Waals surface area contributed by atoms with Gasteiger partial charge in [0.05, 0.1) is 11.4 Å². The quantitative estimate of drug-likeness (QED) is 0.490. The molecule has 2 N–H and O–H groups in total. The lowest BCUT2D eigenvalue weighted by molar-refractivity contribution is 0.727. The molecule has 0 radical (unpaired) electrons. The van der Waals surface area contributed by atoms with Crippen molar-refractivity contribution < 1.29 is 0 Å². The highest BCUT2D eigenvalue weighted by Crippen LogP contribution is 2.17. The monoisotopic (exact) mass is 313 g/mol. The molecule has 0 bridgehead atoms. The van der Waals surface area contributed by atoms with Gasteiger partial charge in [0.15, 0.2) is 5.96 Å². The number of benzene rings is 1.